The van der Waals surface area contributed by atoms with Crippen LogP contribution in [0.5, 0.6) is 5.75 Å². The molecule has 0 saturated heterocycles. The molecule has 0 fully saturated rings. The van der Waals surface area contributed by atoms with E-state index in [2.05, 4.69) is 35.6 Å². The summed E-state index contributed by atoms with van der Waals surface area (Å²) in [5.74, 6) is 1.12. The van der Waals surface area contributed by atoms with Gasteiger partial charge in [-0.05, 0) is 41.7 Å². The topological polar surface area (TPSA) is 26.3 Å². The molecule has 3 heteroatoms. The quantitative estimate of drug-likeness (QED) is 0.334. The summed E-state index contributed by atoms with van der Waals surface area (Å²) in [6.07, 6.45) is 8.72. The fourth-order valence-corrected chi connectivity index (χ4v) is 3.46. The fraction of sp³-hybridized carbons (Fsp3) is 0.611. The zero-order valence-corrected chi connectivity index (χ0v) is 15.0. The first kappa shape index (κ1) is 16.8. The molecule has 21 heavy (non-hydrogen) atoms. The number of alkyl halides is 1. The van der Waals surface area contributed by atoms with Gasteiger partial charge in [-0.25, -0.2) is 0 Å². The van der Waals surface area contributed by atoms with E-state index in [1.807, 2.05) is 12.1 Å². The monoisotopic (exact) mass is 400 g/mol. The van der Waals surface area contributed by atoms with Crippen LogP contribution in [0.4, 0.5) is 0 Å². The lowest BCUT2D eigenvalue weighted by molar-refractivity contribution is 0.0832. The number of rotatable bonds is 8. The lowest BCUT2D eigenvalue weighted by atomic mass is 9.94. The van der Waals surface area contributed by atoms with Gasteiger partial charge in [-0.2, -0.15) is 0 Å². The first-order valence-corrected chi connectivity index (χ1v) is 9.66. The molecule has 0 bridgehead atoms. The van der Waals surface area contributed by atoms with Crippen molar-refractivity contribution >= 4 is 28.4 Å². The Kier molecular flexibility index (Phi) is 7.00. The first-order valence-electron chi connectivity index (χ1n) is 8.14. The number of ether oxygens (including phenoxy) is 1. The number of hydrogen-bond donors (Lipinski definition) is 0. The number of fused-ring (bicyclic) bond motifs is 1. The number of hydrogen-bond acceptors (Lipinski definition) is 2. The second kappa shape index (κ2) is 8.76. The number of carbonyl (C=O) groups is 1. The molecule has 0 N–H and O–H groups in total. The molecule has 2 rings (SSSR count). The molecule has 0 spiro atoms. The second-order valence-electron chi connectivity index (χ2n) is 5.80. The number of unbranched alkanes of at least 4 members (excludes halogenated alkanes) is 3. The maximum absolute atomic E-state index is 12.3. The molecule has 1 aromatic rings. The number of ketones is 1. The van der Waals surface area contributed by atoms with Crippen molar-refractivity contribution in [3.63, 3.8) is 0 Å². The molecule has 1 unspecified atom stereocenters. The SMILES string of the molecule is CCCc1cccc2c1OC(CCCCCCI)CC2=O. The van der Waals surface area contributed by atoms with Gasteiger partial charge < -0.3 is 4.74 Å². The Morgan fingerprint density at radius 3 is 2.81 bits per heavy atom. The van der Waals surface area contributed by atoms with Crippen LogP contribution in [0.1, 0.15) is 67.8 Å². The van der Waals surface area contributed by atoms with Crippen LogP contribution in [-0.4, -0.2) is 16.3 Å². The number of aryl methyl sites for hydroxylation is 1. The predicted octanol–water partition coefficient (Wildman–Crippen LogP) is 5.36. The Morgan fingerprint density at radius 2 is 2.05 bits per heavy atom. The summed E-state index contributed by atoms with van der Waals surface area (Å²) < 4.78 is 7.41. The Hall–Kier alpha value is -0.580. The van der Waals surface area contributed by atoms with Crippen molar-refractivity contribution < 1.29 is 9.53 Å². The zero-order chi connectivity index (χ0) is 15.1. The van der Waals surface area contributed by atoms with Crippen molar-refractivity contribution in [2.45, 2.75) is 64.4 Å². The molecule has 0 aliphatic carbocycles. The van der Waals surface area contributed by atoms with Crippen molar-refractivity contribution in [1.29, 1.82) is 0 Å². The molecule has 1 aromatic carbocycles. The highest BCUT2D eigenvalue weighted by Crippen LogP contribution is 2.33. The third-order valence-electron chi connectivity index (χ3n) is 4.02. The van der Waals surface area contributed by atoms with Crippen molar-refractivity contribution in [3.05, 3.63) is 29.3 Å². The summed E-state index contributed by atoms with van der Waals surface area (Å²) in [6.45, 7) is 2.16. The van der Waals surface area contributed by atoms with E-state index >= 15 is 0 Å². The molecular weight excluding hydrogens is 375 g/mol. The van der Waals surface area contributed by atoms with Gasteiger partial charge in [0, 0.05) is 6.42 Å². The Labute approximate surface area is 141 Å². The molecule has 2 nitrogen and oxygen atoms in total. The van der Waals surface area contributed by atoms with E-state index < -0.39 is 0 Å². The Bertz CT molecular complexity index is 470. The third-order valence-corrected chi connectivity index (χ3v) is 4.79. The number of carbonyl (C=O) groups excluding carboxylic acids is 1. The summed E-state index contributed by atoms with van der Waals surface area (Å²) in [4.78, 5) is 12.3. The van der Waals surface area contributed by atoms with E-state index in [1.165, 1.54) is 35.7 Å². The number of para-hydroxylation sites is 1. The van der Waals surface area contributed by atoms with Crippen LogP contribution in [0, 0.1) is 0 Å². The highest BCUT2D eigenvalue weighted by Gasteiger charge is 2.27. The van der Waals surface area contributed by atoms with Gasteiger partial charge >= 0.3 is 0 Å². The normalized spacial score (nSPS) is 17.4. The molecule has 1 aliphatic rings. The van der Waals surface area contributed by atoms with Crippen LogP contribution in [0.25, 0.3) is 0 Å². The average molecular weight is 400 g/mol. The molecule has 1 atom stereocenters. The third kappa shape index (κ3) is 4.70. The van der Waals surface area contributed by atoms with Crippen LogP contribution < -0.4 is 4.74 Å². The maximum atomic E-state index is 12.3. The van der Waals surface area contributed by atoms with Crippen molar-refractivity contribution in [1.82, 2.24) is 0 Å². The molecule has 0 radical (unpaired) electrons. The zero-order valence-electron chi connectivity index (χ0n) is 12.9. The van der Waals surface area contributed by atoms with Crippen molar-refractivity contribution in [2.75, 3.05) is 4.43 Å². The molecule has 0 aromatic heterocycles. The van der Waals surface area contributed by atoms with E-state index in [1.54, 1.807) is 0 Å². The van der Waals surface area contributed by atoms with E-state index in [-0.39, 0.29) is 11.9 Å². The number of Topliss-reactive ketones (excluding diaryl/α,β-unsaturated/α-hetero) is 1. The minimum atomic E-state index is 0.0857. The minimum Gasteiger partial charge on any atom is -0.489 e. The molecule has 0 saturated carbocycles. The van der Waals surface area contributed by atoms with Crippen molar-refractivity contribution in [3.8, 4) is 5.75 Å². The lowest BCUT2D eigenvalue weighted by Gasteiger charge is -2.27. The average Bonchev–Trinajstić information content (AvgIpc) is 2.48. The van der Waals surface area contributed by atoms with Crippen molar-refractivity contribution in [2.24, 2.45) is 0 Å². The molecule has 1 heterocycles. The predicted molar refractivity (Wildman–Crippen MR) is 95.8 cm³/mol. The Morgan fingerprint density at radius 1 is 1.24 bits per heavy atom. The fourth-order valence-electron chi connectivity index (χ4n) is 2.92. The largest absolute Gasteiger partial charge is 0.489 e. The summed E-state index contributed by atoms with van der Waals surface area (Å²) >= 11 is 2.43. The summed E-state index contributed by atoms with van der Waals surface area (Å²) in [7, 11) is 0. The smallest absolute Gasteiger partial charge is 0.170 e. The standard InChI is InChI=1S/C18H25IO2/c1-2-8-14-9-7-11-16-17(20)13-15(21-18(14)16)10-5-3-4-6-12-19/h7,9,11,15H,2-6,8,10,12-13H2,1H3. The van der Waals surface area contributed by atoms with Crippen LogP contribution in [0.3, 0.4) is 0 Å². The summed E-state index contributed by atoms with van der Waals surface area (Å²) in [5.41, 5.74) is 1.99. The first-order chi connectivity index (χ1) is 10.3. The van der Waals surface area contributed by atoms with E-state index in [0.717, 1.165) is 30.6 Å². The van der Waals surface area contributed by atoms with Gasteiger partial charge in [-0.1, -0.05) is 60.9 Å². The number of benzene rings is 1. The van der Waals surface area contributed by atoms with Gasteiger partial charge in [0.1, 0.15) is 11.9 Å². The highest BCUT2D eigenvalue weighted by molar-refractivity contribution is 14.1. The van der Waals surface area contributed by atoms with Crippen LogP contribution in [0.2, 0.25) is 0 Å². The van der Waals surface area contributed by atoms with Gasteiger partial charge in [0.2, 0.25) is 0 Å². The molecule has 116 valence electrons. The van der Waals surface area contributed by atoms with Gasteiger partial charge in [-0.3, -0.25) is 4.79 Å². The minimum absolute atomic E-state index is 0.0857. The van der Waals surface area contributed by atoms with E-state index in [0.29, 0.717) is 6.42 Å². The van der Waals surface area contributed by atoms with Gasteiger partial charge in [0.15, 0.2) is 5.78 Å². The van der Waals surface area contributed by atoms with Gasteiger partial charge in [-0.15, -0.1) is 0 Å². The van der Waals surface area contributed by atoms with Crippen LogP contribution in [0.15, 0.2) is 18.2 Å². The second-order valence-corrected chi connectivity index (χ2v) is 6.88. The van der Waals surface area contributed by atoms with Gasteiger partial charge in [0.05, 0.1) is 5.56 Å². The lowest BCUT2D eigenvalue weighted by Crippen LogP contribution is -2.27. The Balaban J connectivity index is 1.96. The highest BCUT2D eigenvalue weighted by atomic mass is 127. The molecule has 1 aliphatic heterocycles. The van der Waals surface area contributed by atoms with Gasteiger partial charge in [0.25, 0.3) is 0 Å². The summed E-state index contributed by atoms with van der Waals surface area (Å²) in [5, 5.41) is 0. The van der Waals surface area contributed by atoms with E-state index in [4.69, 9.17) is 4.74 Å². The van der Waals surface area contributed by atoms with Crippen LogP contribution in [-0.2, 0) is 6.42 Å². The number of halogens is 1. The van der Waals surface area contributed by atoms with E-state index in [9.17, 15) is 4.79 Å². The molecule has 0 amide bonds. The van der Waals surface area contributed by atoms with Crippen LogP contribution >= 0.6 is 22.6 Å². The maximum Gasteiger partial charge on any atom is 0.170 e. The molecular formula is C18H25IO2. The summed E-state index contributed by atoms with van der Waals surface area (Å²) in [6, 6.07) is 5.99.